The van der Waals surface area contributed by atoms with Gasteiger partial charge in [0, 0.05) is 24.9 Å². The Morgan fingerprint density at radius 1 is 1.31 bits per heavy atom. The normalized spacial score (nSPS) is 25.1. The Balaban J connectivity index is 0.00000243. The molecule has 2 aliphatic heterocycles. The molecule has 2 fully saturated rings. The van der Waals surface area contributed by atoms with Crippen molar-refractivity contribution in [2.24, 2.45) is 4.99 Å². The summed E-state index contributed by atoms with van der Waals surface area (Å²) in [5.74, 6) is 4.20. The first-order valence-electron chi connectivity index (χ1n) is 9.48. The van der Waals surface area contributed by atoms with E-state index in [0.29, 0.717) is 4.75 Å². The smallest absolute Gasteiger partial charge is 0.191 e. The molecule has 0 spiro atoms. The van der Waals surface area contributed by atoms with Gasteiger partial charge in [-0.2, -0.15) is 11.8 Å². The summed E-state index contributed by atoms with van der Waals surface area (Å²) in [6, 6.07) is 4.45. The standard InChI is InChI=1S/C19H32N4OS.HI/c1-15-7-8-17(24-15)16(23-10-4-5-11-23)13-21-18(20-3)22-14-19(2)9-6-12-25-19;/h7-8,16H,4-6,9-14H2,1-3H3,(H2,20,21,22);1H. The molecule has 148 valence electrons. The zero-order valence-electron chi connectivity index (χ0n) is 16.2. The van der Waals surface area contributed by atoms with Gasteiger partial charge in [0.1, 0.15) is 11.5 Å². The summed E-state index contributed by atoms with van der Waals surface area (Å²) in [6.45, 7) is 8.43. The fourth-order valence-corrected chi connectivity index (χ4v) is 5.00. The fourth-order valence-electron chi connectivity index (χ4n) is 3.76. The fraction of sp³-hybridized carbons (Fsp3) is 0.737. The molecule has 1 aromatic heterocycles. The molecule has 3 rings (SSSR count). The lowest BCUT2D eigenvalue weighted by Gasteiger charge is -2.28. The van der Waals surface area contributed by atoms with Crippen LogP contribution in [0.1, 0.15) is 50.2 Å². The molecule has 5 nitrogen and oxygen atoms in total. The predicted molar refractivity (Wildman–Crippen MR) is 122 cm³/mol. The van der Waals surface area contributed by atoms with E-state index in [-0.39, 0.29) is 30.0 Å². The van der Waals surface area contributed by atoms with Gasteiger partial charge < -0.3 is 15.1 Å². The molecule has 2 N–H and O–H groups in total. The highest BCUT2D eigenvalue weighted by atomic mass is 127. The highest BCUT2D eigenvalue weighted by Gasteiger charge is 2.30. The maximum absolute atomic E-state index is 5.94. The molecular weight excluding hydrogens is 459 g/mol. The molecule has 2 unspecified atom stereocenters. The second kappa shape index (κ2) is 10.2. The van der Waals surface area contributed by atoms with E-state index in [1.807, 2.05) is 14.0 Å². The Morgan fingerprint density at radius 3 is 2.65 bits per heavy atom. The van der Waals surface area contributed by atoms with Crippen molar-refractivity contribution in [3.8, 4) is 0 Å². The molecule has 0 saturated carbocycles. The van der Waals surface area contributed by atoms with Crippen LogP contribution in [0.25, 0.3) is 0 Å². The lowest BCUT2D eigenvalue weighted by atomic mass is 10.1. The quantitative estimate of drug-likeness (QED) is 0.360. The van der Waals surface area contributed by atoms with Gasteiger partial charge in [-0.1, -0.05) is 0 Å². The lowest BCUT2D eigenvalue weighted by molar-refractivity contribution is 0.213. The van der Waals surface area contributed by atoms with Crippen molar-refractivity contribution < 1.29 is 4.42 Å². The summed E-state index contributed by atoms with van der Waals surface area (Å²) in [5, 5.41) is 7.05. The van der Waals surface area contributed by atoms with E-state index in [0.717, 1.165) is 43.7 Å². The van der Waals surface area contributed by atoms with E-state index in [9.17, 15) is 0 Å². The third kappa shape index (κ3) is 5.79. The minimum Gasteiger partial charge on any atom is -0.465 e. The van der Waals surface area contributed by atoms with Gasteiger partial charge in [-0.05, 0) is 70.5 Å². The predicted octanol–water partition coefficient (Wildman–Crippen LogP) is 3.79. The molecule has 3 heterocycles. The van der Waals surface area contributed by atoms with Crippen LogP contribution < -0.4 is 10.6 Å². The minimum absolute atomic E-state index is 0. The van der Waals surface area contributed by atoms with E-state index in [1.165, 1.54) is 31.4 Å². The summed E-state index contributed by atoms with van der Waals surface area (Å²) in [6.07, 6.45) is 5.16. The van der Waals surface area contributed by atoms with Crippen molar-refractivity contribution in [2.45, 2.75) is 50.3 Å². The second-order valence-electron chi connectivity index (χ2n) is 7.42. The maximum atomic E-state index is 5.94. The second-order valence-corrected chi connectivity index (χ2v) is 9.10. The summed E-state index contributed by atoms with van der Waals surface area (Å²) in [4.78, 5) is 6.93. The van der Waals surface area contributed by atoms with Crippen LogP contribution in [0.3, 0.4) is 0 Å². The largest absolute Gasteiger partial charge is 0.465 e. The Bertz CT molecular complexity index is 580. The Morgan fingerprint density at radius 2 is 2.08 bits per heavy atom. The van der Waals surface area contributed by atoms with Crippen LogP contribution in [0.5, 0.6) is 0 Å². The van der Waals surface area contributed by atoms with Gasteiger partial charge in [0.25, 0.3) is 0 Å². The average molecular weight is 492 g/mol. The molecule has 0 bridgehead atoms. The molecule has 0 amide bonds. The topological polar surface area (TPSA) is 52.8 Å². The highest BCUT2D eigenvalue weighted by molar-refractivity contribution is 14.0. The van der Waals surface area contributed by atoms with E-state index in [2.05, 4.69) is 51.3 Å². The zero-order valence-corrected chi connectivity index (χ0v) is 19.4. The molecular formula is C19H33IN4OS. The van der Waals surface area contributed by atoms with Crippen LogP contribution in [-0.2, 0) is 0 Å². The highest BCUT2D eigenvalue weighted by Crippen LogP contribution is 2.36. The number of guanidine groups is 1. The zero-order chi connectivity index (χ0) is 17.7. The van der Waals surface area contributed by atoms with E-state index in [1.54, 1.807) is 0 Å². The van der Waals surface area contributed by atoms with Crippen LogP contribution in [-0.4, -0.2) is 54.6 Å². The number of hydrogen-bond acceptors (Lipinski definition) is 4. The third-order valence-corrected chi connectivity index (χ3v) is 6.83. The first-order valence-corrected chi connectivity index (χ1v) is 10.5. The summed E-state index contributed by atoms with van der Waals surface area (Å²) >= 11 is 2.07. The van der Waals surface area contributed by atoms with Crippen molar-refractivity contribution >= 4 is 41.7 Å². The average Bonchev–Trinajstić information content (AvgIpc) is 3.34. The molecule has 1 aromatic rings. The number of aryl methyl sites for hydroxylation is 1. The molecule has 0 radical (unpaired) electrons. The molecule has 0 aliphatic carbocycles. The van der Waals surface area contributed by atoms with Crippen LogP contribution >= 0.6 is 35.7 Å². The molecule has 26 heavy (non-hydrogen) atoms. The van der Waals surface area contributed by atoms with E-state index >= 15 is 0 Å². The number of halogens is 1. The summed E-state index contributed by atoms with van der Waals surface area (Å²) in [5.41, 5.74) is 0. The number of thioether (sulfide) groups is 1. The molecule has 0 aromatic carbocycles. The molecule has 7 heteroatoms. The molecule has 2 saturated heterocycles. The van der Waals surface area contributed by atoms with Gasteiger partial charge in [-0.3, -0.25) is 9.89 Å². The number of furan rings is 1. The van der Waals surface area contributed by atoms with Gasteiger partial charge in [0.2, 0.25) is 0 Å². The number of nitrogens with one attached hydrogen (secondary N) is 2. The summed E-state index contributed by atoms with van der Waals surface area (Å²) in [7, 11) is 1.85. The number of hydrogen-bond donors (Lipinski definition) is 2. The van der Waals surface area contributed by atoms with Crippen molar-refractivity contribution in [3.05, 3.63) is 23.7 Å². The van der Waals surface area contributed by atoms with E-state index in [4.69, 9.17) is 4.42 Å². The number of rotatable bonds is 6. The molecule has 2 aliphatic rings. The lowest BCUT2D eigenvalue weighted by Crippen LogP contribution is -2.46. The first-order chi connectivity index (χ1) is 12.1. The van der Waals surface area contributed by atoms with Crippen LogP contribution in [0, 0.1) is 6.92 Å². The molecule has 2 atom stereocenters. The monoisotopic (exact) mass is 492 g/mol. The number of likely N-dealkylation sites (tertiary alicyclic amines) is 1. The first kappa shape index (κ1) is 21.9. The number of aliphatic imine (C=N–C) groups is 1. The minimum atomic E-state index is 0. The third-order valence-electron chi connectivity index (χ3n) is 5.29. The van der Waals surface area contributed by atoms with Crippen LogP contribution in [0.4, 0.5) is 0 Å². The SMILES string of the molecule is CN=C(NCC(c1ccc(C)o1)N1CCCC1)NCC1(C)CCCS1.I. The summed E-state index contributed by atoms with van der Waals surface area (Å²) < 4.78 is 6.27. The van der Waals surface area contributed by atoms with Crippen molar-refractivity contribution in [1.29, 1.82) is 0 Å². The Hall–Kier alpha value is -0.410. The van der Waals surface area contributed by atoms with Gasteiger partial charge in [0.05, 0.1) is 6.04 Å². The van der Waals surface area contributed by atoms with E-state index < -0.39 is 0 Å². The Kier molecular flexibility index (Phi) is 8.60. The Labute approximate surface area is 179 Å². The van der Waals surface area contributed by atoms with Crippen LogP contribution in [0.2, 0.25) is 0 Å². The van der Waals surface area contributed by atoms with Crippen molar-refractivity contribution in [3.63, 3.8) is 0 Å². The van der Waals surface area contributed by atoms with Crippen molar-refractivity contribution in [2.75, 3.05) is 39.0 Å². The number of nitrogens with zero attached hydrogens (tertiary/aromatic N) is 2. The maximum Gasteiger partial charge on any atom is 0.191 e. The van der Waals surface area contributed by atoms with Crippen molar-refractivity contribution in [1.82, 2.24) is 15.5 Å². The van der Waals surface area contributed by atoms with Crippen LogP contribution in [0.15, 0.2) is 21.5 Å². The van der Waals surface area contributed by atoms with Gasteiger partial charge in [-0.25, -0.2) is 0 Å². The van der Waals surface area contributed by atoms with Gasteiger partial charge in [-0.15, -0.1) is 24.0 Å². The van der Waals surface area contributed by atoms with Gasteiger partial charge >= 0.3 is 0 Å². The van der Waals surface area contributed by atoms with Gasteiger partial charge in [0.15, 0.2) is 5.96 Å².